The van der Waals surface area contributed by atoms with Crippen molar-refractivity contribution in [3.8, 4) is 0 Å². The molecular formula is C30H47NaO3S. The van der Waals surface area contributed by atoms with Crippen molar-refractivity contribution < 1.29 is 42.5 Å². The molecule has 3 nitrogen and oxygen atoms in total. The zero-order valence-corrected chi connectivity index (χ0v) is 25.3. The fraction of sp³-hybridized carbons (Fsp3) is 0.667. The zero-order valence-electron chi connectivity index (χ0n) is 22.5. The van der Waals surface area contributed by atoms with Crippen molar-refractivity contribution in [3.05, 3.63) is 42.0 Å². The average molecular weight is 511 g/mol. The summed E-state index contributed by atoms with van der Waals surface area (Å²) >= 11 is 0. The van der Waals surface area contributed by atoms with E-state index < -0.39 is 10.1 Å². The molecule has 2 aromatic carbocycles. The van der Waals surface area contributed by atoms with Gasteiger partial charge in [-0.05, 0) is 29.2 Å². The SMILES string of the molecule is CCCCCCCCCCCCCCCCCCCCc1ccc2ccccc2c1S(=O)(=O)[O-].[Na+]. The van der Waals surface area contributed by atoms with Crippen molar-refractivity contribution in [2.75, 3.05) is 0 Å². The molecule has 0 aromatic heterocycles. The monoisotopic (exact) mass is 510 g/mol. The first-order chi connectivity index (χ1) is 16.5. The molecule has 0 bridgehead atoms. The number of hydrogen-bond donors (Lipinski definition) is 0. The second kappa shape index (κ2) is 19.7. The molecule has 0 aliphatic heterocycles. The van der Waals surface area contributed by atoms with E-state index in [0.717, 1.165) is 18.2 Å². The summed E-state index contributed by atoms with van der Waals surface area (Å²) in [7, 11) is -4.48. The summed E-state index contributed by atoms with van der Waals surface area (Å²) in [5, 5.41) is 1.36. The zero-order chi connectivity index (χ0) is 24.5. The minimum atomic E-state index is -4.48. The van der Waals surface area contributed by atoms with E-state index in [-0.39, 0.29) is 34.5 Å². The van der Waals surface area contributed by atoms with Gasteiger partial charge in [-0.25, -0.2) is 8.42 Å². The molecule has 0 aliphatic rings. The van der Waals surface area contributed by atoms with Gasteiger partial charge >= 0.3 is 29.6 Å². The van der Waals surface area contributed by atoms with Gasteiger partial charge in [-0.3, -0.25) is 0 Å². The van der Waals surface area contributed by atoms with Gasteiger partial charge in [0.2, 0.25) is 0 Å². The maximum absolute atomic E-state index is 11.9. The predicted molar refractivity (Wildman–Crippen MR) is 144 cm³/mol. The average Bonchev–Trinajstić information content (AvgIpc) is 2.82. The molecule has 0 atom stereocenters. The van der Waals surface area contributed by atoms with Crippen LogP contribution in [0, 0.1) is 0 Å². The predicted octanol–water partition coefficient (Wildman–Crippen LogP) is 6.33. The van der Waals surface area contributed by atoms with E-state index in [1.807, 2.05) is 24.3 Å². The van der Waals surface area contributed by atoms with Gasteiger partial charge in [-0.1, -0.05) is 152 Å². The van der Waals surface area contributed by atoms with Crippen molar-refractivity contribution in [1.82, 2.24) is 0 Å². The van der Waals surface area contributed by atoms with E-state index in [2.05, 4.69) is 6.92 Å². The van der Waals surface area contributed by atoms with E-state index in [1.165, 1.54) is 103 Å². The van der Waals surface area contributed by atoms with Gasteiger partial charge in [0.25, 0.3) is 0 Å². The molecule has 0 radical (unpaired) electrons. The van der Waals surface area contributed by atoms with Crippen molar-refractivity contribution in [2.45, 2.75) is 134 Å². The number of benzene rings is 2. The first-order valence-corrected chi connectivity index (χ1v) is 15.4. The summed E-state index contributed by atoms with van der Waals surface area (Å²) < 4.78 is 35.7. The number of rotatable bonds is 20. The number of fused-ring (bicyclic) bond motifs is 1. The molecule has 0 saturated heterocycles. The van der Waals surface area contributed by atoms with Gasteiger partial charge in [0.05, 0.1) is 4.90 Å². The topological polar surface area (TPSA) is 57.2 Å². The van der Waals surface area contributed by atoms with Crippen LogP contribution in [0.5, 0.6) is 0 Å². The Kier molecular flexibility index (Phi) is 18.4. The van der Waals surface area contributed by atoms with Crippen LogP contribution in [-0.4, -0.2) is 13.0 Å². The third-order valence-electron chi connectivity index (χ3n) is 7.01. The Labute approximate surface area is 237 Å². The first kappa shape index (κ1) is 32.6. The molecule has 0 aliphatic carbocycles. The van der Waals surface area contributed by atoms with Crippen LogP contribution >= 0.6 is 0 Å². The summed E-state index contributed by atoms with van der Waals surface area (Å²) in [6.07, 6.45) is 24.6. The van der Waals surface area contributed by atoms with Crippen LogP contribution in [0.4, 0.5) is 0 Å². The minimum Gasteiger partial charge on any atom is -0.744 e. The number of hydrogen-bond acceptors (Lipinski definition) is 3. The van der Waals surface area contributed by atoms with Crippen LogP contribution in [-0.2, 0) is 16.5 Å². The van der Waals surface area contributed by atoms with Gasteiger partial charge in [0.1, 0.15) is 10.1 Å². The van der Waals surface area contributed by atoms with E-state index in [4.69, 9.17) is 0 Å². The Bertz CT molecular complexity index is 911. The van der Waals surface area contributed by atoms with Gasteiger partial charge in [-0.15, -0.1) is 0 Å². The standard InChI is InChI=1S/C30H48O3S.Na/c1-2-3-4-5-6-7-8-9-10-11-12-13-14-15-16-17-18-19-23-28-26-25-27-22-20-21-24-29(27)30(28)34(31,32)33;/h20-22,24-26H,2-19,23H2,1H3,(H,31,32,33);/q;+1/p-1. The number of aryl methyl sites for hydroxylation is 1. The van der Waals surface area contributed by atoms with Crippen molar-refractivity contribution in [3.63, 3.8) is 0 Å². The Balaban J connectivity index is 0.00000612. The Morgan fingerprint density at radius 2 is 1.03 bits per heavy atom. The van der Waals surface area contributed by atoms with Crippen LogP contribution in [0.3, 0.4) is 0 Å². The molecule has 5 heteroatoms. The third-order valence-corrected chi connectivity index (χ3v) is 7.99. The van der Waals surface area contributed by atoms with Crippen molar-refractivity contribution >= 4 is 20.9 Å². The van der Waals surface area contributed by atoms with Crippen LogP contribution in [0.1, 0.15) is 128 Å². The van der Waals surface area contributed by atoms with Crippen molar-refractivity contribution in [1.29, 1.82) is 0 Å². The molecule has 0 heterocycles. The van der Waals surface area contributed by atoms with Crippen LogP contribution < -0.4 is 29.6 Å². The largest absolute Gasteiger partial charge is 1.00 e. The third kappa shape index (κ3) is 13.6. The fourth-order valence-electron chi connectivity index (χ4n) is 5.00. The molecule has 2 aromatic rings. The maximum Gasteiger partial charge on any atom is 1.00 e. The first-order valence-electron chi connectivity index (χ1n) is 14.0. The molecule has 0 fully saturated rings. The molecule has 0 N–H and O–H groups in total. The molecular weight excluding hydrogens is 463 g/mol. The van der Waals surface area contributed by atoms with Gasteiger partial charge in [0, 0.05) is 0 Å². The molecule has 0 saturated carbocycles. The summed E-state index contributed by atoms with van der Waals surface area (Å²) in [6, 6.07) is 11.0. The maximum atomic E-state index is 11.9. The summed E-state index contributed by atoms with van der Waals surface area (Å²) in [5.41, 5.74) is 0.671. The van der Waals surface area contributed by atoms with E-state index >= 15 is 0 Å². The van der Waals surface area contributed by atoms with Crippen molar-refractivity contribution in [2.24, 2.45) is 0 Å². The normalized spacial score (nSPS) is 11.6. The van der Waals surface area contributed by atoms with E-state index in [9.17, 15) is 13.0 Å². The summed E-state index contributed by atoms with van der Waals surface area (Å²) in [5.74, 6) is 0. The van der Waals surface area contributed by atoms with Crippen LogP contribution in [0.2, 0.25) is 0 Å². The van der Waals surface area contributed by atoms with Gasteiger partial charge in [0.15, 0.2) is 0 Å². The van der Waals surface area contributed by atoms with Gasteiger partial charge < -0.3 is 4.55 Å². The molecule has 0 unspecified atom stereocenters. The van der Waals surface area contributed by atoms with Crippen LogP contribution in [0.25, 0.3) is 10.8 Å². The number of unbranched alkanes of at least 4 members (excludes halogenated alkanes) is 17. The fourth-order valence-corrected chi connectivity index (χ4v) is 5.94. The smallest absolute Gasteiger partial charge is 0.744 e. The second-order valence-corrected chi connectivity index (χ2v) is 11.3. The minimum absolute atomic E-state index is 0. The van der Waals surface area contributed by atoms with E-state index in [1.54, 1.807) is 12.1 Å². The Morgan fingerprint density at radius 3 is 1.49 bits per heavy atom. The Hall–Kier alpha value is -0.390. The van der Waals surface area contributed by atoms with E-state index in [0.29, 0.717) is 17.4 Å². The Morgan fingerprint density at radius 1 is 0.600 bits per heavy atom. The second-order valence-electron chi connectivity index (χ2n) is 9.99. The summed E-state index contributed by atoms with van der Waals surface area (Å²) in [6.45, 7) is 2.28. The van der Waals surface area contributed by atoms with Gasteiger partial charge in [-0.2, -0.15) is 0 Å². The van der Waals surface area contributed by atoms with Crippen LogP contribution in [0.15, 0.2) is 41.3 Å². The molecule has 0 amide bonds. The molecule has 2 rings (SSSR count). The molecule has 192 valence electrons. The molecule has 35 heavy (non-hydrogen) atoms. The quantitative estimate of drug-likeness (QED) is 0.119. The summed E-state index contributed by atoms with van der Waals surface area (Å²) in [4.78, 5) is -0.0161. The molecule has 0 spiro atoms.